The number of nitrogens with one attached hydrogen (secondary N) is 3. The Morgan fingerprint density at radius 1 is 0.547 bits per heavy atom. The molecule has 0 radical (unpaired) electrons. The highest BCUT2D eigenvalue weighted by molar-refractivity contribution is 7.89. The molecule has 4 saturated heterocycles. The summed E-state index contributed by atoms with van der Waals surface area (Å²) in [6.45, 7) is 9.13. The normalized spacial score (nSPS) is 20.1. The number of carbonyl (C=O) groups excluding carboxylic acids is 4. The maximum atomic E-state index is 14.0. The molecular weight excluding hydrogens is 1430 g/mol. The molecule has 5 aromatic rings. The number of non-ortho nitro benzene ring substituents is 1. The number of hydrogen-bond acceptors (Lipinski definition) is 27. The Morgan fingerprint density at radius 3 is 1.40 bits per heavy atom. The summed E-state index contributed by atoms with van der Waals surface area (Å²) in [4.78, 5) is 59.9. The molecule has 0 aliphatic carbocycles. The summed E-state index contributed by atoms with van der Waals surface area (Å²) in [5.74, 6) is 2.34. The van der Waals surface area contributed by atoms with Crippen LogP contribution in [0.2, 0.25) is 0 Å². The van der Waals surface area contributed by atoms with Gasteiger partial charge in [-0.25, -0.2) is 36.0 Å². The summed E-state index contributed by atoms with van der Waals surface area (Å²) in [5.41, 5.74) is 1.31. The minimum Gasteiger partial charge on any atom is -0.493 e. The van der Waals surface area contributed by atoms with Crippen LogP contribution in [-0.4, -0.2) is 214 Å². The van der Waals surface area contributed by atoms with E-state index in [0.29, 0.717) is 85.6 Å². The summed E-state index contributed by atoms with van der Waals surface area (Å²) >= 11 is 0. The second kappa shape index (κ2) is 37.5. The van der Waals surface area contributed by atoms with Gasteiger partial charge in [-0.2, -0.15) is 8.61 Å². The third-order valence-electron chi connectivity index (χ3n) is 17.7. The van der Waals surface area contributed by atoms with Gasteiger partial charge in [0.1, 0.15) is 29.5 Å². The monoisotopic (exact) mass is 1520 g/mol. The molecule has 0 spiro atoms. The molecule has 0 bridgehead atoms. The zero-order valence-electron chi connectivity index (χ0n) is 59.2. The first-order valence-corrected chi connectivity index (χ1v) is 37.7. The molecule has 10 atom stereocenters. The van der Waals surface area contributed by atoms with E-state index in [1.54, 1.807) is 48.5 Å². The molecule has 6 heterocycles. The molecular formula is C71H90N6O27S2. The van der Waals surface area contributed by atoms with Crippen molar-refractivity contribution >= 4 is 50.2 Å². The average molecular weight is 1520 g/mol. The number of aliphatic hydroxyl groups is 2. The zero-order valence-corrected chi connectivity index (χ0v) is 60.9. The van der Waals surface area contributed by atoms with Crippen molar-refractivity contribution in [2.45, 2.75) is 125 Å². The Kier molecular flexibility index (Phi) is 28.1. The topological polar surface area (TPSA) is 401 Å². The van der Waals surface area contributed by atoms with E-state index in [4.69, 9.17) is 71.1 Å². The van der Waals surface area contributed by atoms with Crippen molar-refractivity contribution in [2.24, 2.45) is 23.7 Å². The molecule has 0 aromatic heterocycles. The standard InChI is InChI=1S/C38H45N3O15S.C33H45N3O12S/c1-24(2)20-40(57(47,48)29-12-13-33-34(19-29)54-23-53-33)21-32(42)31(39-37(43)56-35-22-52-36-30(35)14-17-50-36)18-25-4-8-27(9-5-25)49-15-3-16-51-38(44)55-28-10-6-26(7-11-28)41(45)46;1-21(2)17-36(49(40,41)24-9-10-28-29(16-24)47-20-46-28)18-27(37)26(35-33(39)48-30-19-45-31-25(30)11-14-43-31)15-22-5-7-23(8-6-22)42-12-4-13-44-32(38)34-3/h4-13,19,24,30-32,35-36,42H,3,14-18,20-23H2,1-2H3,(H,39,43);5-10,16,21,25-27,30-31,37H,4,11-15,17-20H2,1-3H3,(H,34,38)(H,35,39)/t30-,31-,32+,35-,36+;25-,26-,27+,30-,31+/m00/s1. The van der Waals surface area contributed by atoms with E-state index >= 15 is 0 Å². The lowest BCUT2D eigenvalue weighted by Gasteiger charge is -2.31. The first-order valence-electron chi connectivity index (χ1n) is 34.8. The van der Waals surface area contributed by atoms with E-state index < -0.39 is 98.5 Å². The number of nitro groups is 1. The van der Waals surface area contributed by atoms with E-state index in [9.17, 15) is 56.3 Å². The summed E-state index contributed by atoms with van der Waals surface area (Å²) < 4.78 is 140. The predicted octanol–water partition coefficient (Wildman–Crippen LogP) is 7.06. The second-order valence-corrected chi connectivity index (χ2v) is 30.3. The maximum Gasteiger partial charge on any atom is 0.513 e. The third-order valence-corrected chi connectivity index (χ3v) is 21.3. The number of amides is 3. The number of carbonyl (C=O) groups is 4. The third kappa shape index (κ3) is 22.1. The number of ether oxygens (including phenoxy) is 15. The summed E-state index contributed by atoms with van der Waals surface area (Å²) in [6.07, 6.45) is -5.12. The molecule has 6 aliphatic heterocycles. The number of aliphatic hydroxyl groups excluding tert-OH is 2. The van der Waals surface area contributed by atoms with E-state index in [1.807, 2.05) is 27.7 Å². The van der Waals surface area contributed by atoms with Crippen LogP contribution in [0.5, 0.6) is 40.2 Å². The van der Waals surface area contributed by atoms with Crippen molar-refractivity contribution < 1.29 is 122 Å². The van der Waals surface area contributed by atoms with Crippen LogP contribution in [0.1, 0.15) is 64.5 Å². The average Bonchev–Trinajstić information content (AvgIpc) is 1.11. The van der Waals surface area contributed by atoms with Crippen LogP contribution in [0.3, 0.4) is 0 Å². The Hall–Kier alpha value is -9.04. The number of fused-ring (bicyclic) bond motifs is 4. The van der Waals surface area contributed by atoms with Gasteiger partial charge in [-0.05, 0) is 109 Å². The molecule has 33 nitrogen and oxygen atoms in total. The molecule has 106 heavy (non-hydrogen) atoms. The van der Waals surface area contributed by atoms with Crippen molar-refractivity contribution in [1.82, 2.24) is 24.6 Å². The molecule has 35 heteroatoms. The Bertz CT molecular complexity index is 3990. The number of nitro benzene ring substituents is 1. The SMILES string of the molecule is CC(C)CN(C[C@@H](O)[C@H](Cc1ccc(OCCCOC(=O)Oc2ccc([N+](=O)[O-])cc2)cc1)NC(=O)O[C@H]1CO[C@H]2OCC[C@H]21)S(=O)(=O)c1ccc2c(c1)OCO2.CNC(=O)OCCCOc1ccc(C[C@H](NC(=O)O[C@H]2CO[C@H]3OCC[C@H]32)[C@H](O)CN(CC(C)C)S(=O)(=O)c2ccc3c(c2)OCO3)cc1. The lowest BCUT2D eigenvalue weighted by atomic mass is 10.0. The summed E-state index contributed by atoms with van der Waals surface area (Å²) in [5, 5.41) is 42.0. The van der Waals surface area contributed by atoms with E-state index in [1.165, 1.54) is 76.3 Å². The van der Waals surface area contributed by atoms with Crippen molar-refractivity contribution in [1.29, 1.82) is 0 Å². The molecule has 578 valence electrons. The van der Waals surface area contributed by atoms with E-state index in [-0.39, 0.29) is 131 Å². The van der Waals surface area contributed by atoms with Gasteiger partial charge in [0, 0.05) is 70.3 Å². The first-order chi connectivity index (χ1) is 50.9. The fourth-order valence-corrected chi connectivity index (χ4v) is 15.6. The summed E-state index contributed by atoms with van der Waals surface area (Å²) in [7, 11) is -6.73. The fourth-order valence-electron chi connectivity index (χ4n) is 12.3. The lowest BCUT2D eigenvalue weighted by Crippen LogP contribution is -2.51. The number of sulfonamides is 2. The summed E-state index contributed by atoms with van der Waals surface area (Å²) in [6, 6.07) is 25.8. The quantitative estimate of drug-likeness (QED) is 0.00686. The largest absolute Gasteiger partial charge is 0.513 e. The van der Waals surface area contributed by atoms with Gasteiger partial charge < -0.3 is 97.2 Å². The van der Waals surface area contributed by atoms with E-state index in [0.717, 1.165) is 5.56 Å². The molecule has 4 fully saturated rings. The van der Waals surface area contributed by atoms with Crippen molar-refractivity contribution in [3.63, 3.8) is 0 Å². The fraction of sp³-hybridized carbons (Fsp3) is 0.521. The van der Waals surface area contributed by atoms with Crippen LogP contribution >= 0.6 is 0 Å². The highest BCUT2D eigenvalue weighted by atomic mass is 32.2. The van der Waals surface area contributed by atoms with E-state index in [2.05, 4.69) is 16.0 Å². The Labute approximate surface area is 613 Å². The first kappa shape index (κ1) is 79.5. The highest BCUT2D eigenvalue weighted by Gasteiger charge is 2.46. The van der Waals surface area contributed by atoms with Crippen LogP contribution in [0.4, 0.5) is 24.9 Å². The van der Waals surface area contributed by atoms with Crippen molar-refractivity contribution in [3.05, 3.63) is 130 Å². The van der Waals surface area contributed by atoms with Gasteiger partial charge in [0.15, 0.2) is 35.6 Å². The highest BCUT2D eigenvalue weighted by Crippen LogP contribution is 2.38. The number of alkyl carbamates (subject to hydrolysis) is 3. The Balaban J connectivity index is 0.000000229. The predicted molar refractivity (Wildman–Crippen MR) is 372 cm³/mol. The van der Waals surface area contributed by atoms with Crippen LogP contribution in [0, 0.1) is 33.8 Å². The molecule has 5 N–H and O–H groups in total. The Morgan fingerprint density at radius 2 is 0.972 bits per heavy atom. The van der Waals surface area contributed by atoms with Crippen molar-refractivity contribution in [3.8, 4) is 40.2 Å². The van der Waals surface area contributed by atoms with Gasteiger partial charge in [0.25, 0.3) is 5.69 Å². The van der Waals surface area contributed by atoms with Crippen LogP contribution < -0.4 is 49.1 Å². The van der Waals surface area contributed by atoms with Crippen LogP contribution in [0.25, 0.3) is 0 Å². The smallest absolute Gasteiger partial charge is 0.493 e. The second-order valence-electron chi connectivity index (χ2n) is 26.5. The van der Waals surface area contributed by atoms with Gasteiger partial charge in [-0.1, -0.05) is 52.0 Å². The van der Waals surface area contributed by atoms with Gasteiger partial charge in [0.05, 0.1) is 104 Å². The molecule has 11 rings (SSSR count). The minimum absolute atomic E-state index is 0.000686. The number of hydrogen-bond donors (Lipinski definition) is 5. The number of rotatable bonds is 34. The van der Waals surface area contributed by atoms with Crippen LogP contribution in [-0.2, 0) is 70.8 Å². The van der Waals surface area contributed by atoms with Gasteiger partial charge >= 0.3 is 24.4 Å². The van der Waals surface area contributed by atoms with Crippen molar-refractivity contribution in [2.75, 3.05) is 99.7 Å². The molecule has 5 aromatic carbocycles. The van der Waals surface area contributed by atoms with Gasteiger partial charge in [0.2, 0.25) is 33.6 Å². The van der Waals surface area contributed by atoms with Crippen LogP contribution in [0.15, 0.2) is 119 Å². The molecule has 0 saturated carbocycles. The lowest BCUT2D eigenvalue weighted by molar-refractivity contribution is -0.384. The molecule has 6 aliphatic rings. The minimum atomic E-state index is -4.13. The number of nitrogens with zero attached hydrogens (tertiary/aromatic N) is 3. The molecule has 3 amide bonds. The van der Waals surface area contributed by atoms with Gasteiger partial charge in [-0.3, -0.25) is 10.1 Å². The van der Waals surface area contributed by atoms with Gasteiger partial charge in [-0.15, -0.1) is 0 Å². The maximum absolute atomic E-state index is 14.0. The molecule has 0 unspecified atom stereocenters. The zero-order chi connectivity index (χ0) is 75.5. The number of benzene rings is 5.